The monoisotopic (exact) mass is 291 g/mol. The molecule has 0 spiro atoms. The first-order valence-electron chi connectivity index (χ1n) is 7.37. The maximum absolute atomic E-state index is 11.6. The van der Waals surface area contributed by atoms with E-state index in [1.54, 1.807) is 0 Å². The highest BCUT2D eigenvalue weighted by Gasteiger charge is 2.37. The van der Waals surface area contributed by atoms with Crippen LogP contribution in [0.3, 0.4) is 0 Å². The van der Waals surface area contributed by atoms with Crippen LogP contribution in [0.4, 0.5) is 0 Å². The molecule has 1 aromatic rings. The zero-order valence-corrected chi connectivity index (χ0v) is 12.2. The van der Waals surface area contributed by atoms with Crippen LogP contribution in [0, 0.1) is 5.92 Å². The van der Waals surface area contributed by atoms with E-state index in [0.717, 1.165) is 23.1 Å². The van der Waals surface area contributed by atoms with Crippen molar-refractivity contribution >= 4 is 13.1 Å². The summed E-state index contributed by atoms with van der Waals surface area (Å²) in [6.07, 6.45) is 2.30. The SMILES string of the molecule is C[C@H](N)c1ccc2c(c1)[C@@H](C(=O)O)[C@@H](CCCB(O)O)C2. The molecule has 0 saturated heterocycles. The van der Waals surface area contributed by atoms with Gasteiger partial charge in [-0.25, -0.2) is 0 Å². The Labute approximate surface area is 124 Å². The molecule has 2 rings (SSSR count). The third-order valence-electron chi connectivity index (χ3n) is 4.29. The lowest BCUT2D eigenvalue weighted by Crippen LogP contribution is -2.19. The molecule has 0 bridgehead atoms. The predicted molar refractivity (Wildman–Crippen MR) is 80.8 cm³/mol. The van der Waals surface area contributed by atoms with Gasteiger partial charge in [-0.2, -0.15) is 0 Å². The molecule has 0 saturated carbocycles. The highest BCUT2D eigenvalue weighted by Crippen LogP contribution is 2.41. The number of benzene rings is 1. The molecule has 5 nitrogen and oxygen atoms in total. The average molecular weight is 291 g/mol. The summed E-state index contributed by atoms with van der Waals surface area (Å²) in [6.45, 7) is 1.88. The summed E-state index contributed by atoms with van der Waals surface area (Å²) < 4.78 is 0. The van der Waals surface area contributed by atoms with E-state index in [4.69, 9.17) is 15.8 Å². The highest BCUT2D eigenvalue weighted by molar-refractivity contribution is 6.40. The van der Waals surface area contributed by atoms with Gasteiger partial charge >= 0.3 is 13.1 Å². The van der Waals surface area contributed by atoms with Crippen LogP contribution in [0.2, 0.25) is 6.32 Å². The number of rotatable bonds is 6. The molecule has 0 unspecified atom stereocenters. The smallest absolute Gasteiger partial charge is 0.451 e. The Morgan fingerprint density at radius 3 is 2.76 bits per heavy atom. The summed E-state index contributed by atoms with van der Waals surface area (Å²) in [7, 11) is -1.32. The molecular weight excluding hydrogens is 269 g/mol. The van der Waals surface area contributed by atoms with Crippen molar-refractivity contribution in [3.05, 3.63) is 34.9 Å². The van der Waals surface area contributed by atoms with Gasteiger partial charge in [0, 0.05) is 6.04 Å². The summed E-state index contributed by atoms with van der Waals surface area (Å²) in [6, 6.07) is 5.74. The van der Waals surface area contributed by atoms with E-state index in [0.29, 0.717) is 12.8 Å². The van der Waals surface area contributed by atoms with Crippen LogP contribution < -0.4 is 5.73 Å². The molecule has 0 heterocycles. The van der Waals surface area contributed by atoms with Crippen molar-refractivity contribution in [1.82, 2.24) is 0 Å². The lowest BCUT2D eigenvalue weighted by atomic mass is 9.80. The number of carbonyl (C=O) groups is 1. The predicted octanol–water partition coefficient (Wildman–Crippen LogP) is 1.30. The lowest BCUT2D eigenvalue weighted by Gasteiger charge is -2.17. The Balaban J connectivity index is 2.18. The maximum atomic E-state index is 11.6. The van der Waals surface area contributed by atoms with E-state index in [9.17, 15) is 9.90 Å². The van der Waals surface area contributed by atoms with Crippen molar-refractivity contribution in [1.29, 1.82) is 0 Å². The normalized spacial score (nSPS) is 21.9. The van der Waals surface area contributed by atoms with E-state index >= 15 is 0 Å². The van der Waals surface area contributed by atoms with Crippen LogP contribution in [0.15, 0.2) is 18.2 Å². The Kier molecular flexibility index (Phi) is 5.03. The molecule has 0 aromatic heterocycles. The second-order valence-corrected chi connectivity index (χ2v) is 5.94. The molecule has 21 heavy (non-hydrogen) atoms. The molecular formula is C15H22BNO4. The average Bonchev–Trinajstić information content (AvgIpc) is 2.75. The number of carboxylic acids is 1. The van der Waals surface area contributed by atoms with Gasteiger partial charge in [-0.3, -0.25) is 4.79 Å². The molecule has 1 aromatic carbocycles. The van der Waals surface area contributed by atoms with Crippen LogP contribution in [0.25, 0.3) is 0 Å². The van der Waals surface area contributed by atoms with E-state index in [1.807, 2.05) is 25.1 Å². The second-order valence-electron chi connectivity index (χ2n) is 5.94. The van der Waals surface area contributed by atoms with Crippen molar-refractivity contribution in [3.63, 3.8) is 0 Å². The Bertz CT molecular complexity index is 518. The summed E-state index contributed by atoms with van der Waals surface area (Å²) in [5, 5.41) is 27.3. The fourth-order valence-electron chi connectivity index (χ4n) is 3.19. The maximum Gasteiger partial charge on any atom is 0.451 e. The minimum atomic E-state index is -1.32. The number of hydrogen-bond acceptors (Lipinski definition) is 4. The molecule has 0 fully saturated rings. The Hall–Kier alpha value is -1.37. The summed E-state index contributed by atoms with van der Waals surface area (Å²) in [5.74, 6) is -1.32. The molecule has 1 aliphatic carbocycles. The van der Waals surface area contributed by atoms with E-state index in [1.165, 1.54) is 0 Å². The van der Waals surface area contributed by atoms with Gasteiger partial charge in [-0.15, -0.1) is 0 Å². The quantitative estimate of drug-likeness (QED) is 0.591. The second kappa shape index (κ2) is 6.60. The van der Waals surface area contributed by atoms with Crippen molar-refractivity contribution < 1.29 is 19.9 Å². The summed E-state index contributed by atoms with van der Waals surface area (Å²) >= 11 is 0. The molecule has 114 valence electrons. The van der Waals surface area contributed by atoms with Gasteiger partial charge in [0.1, 0.15) is 0 Å². The first-order valence-corrected chi connectivity index (χ1v) is 7.37. The van der Waals surface area contributed by atoms with Gasteiger partial charge < -0.3 is 20.9 Å². The fourth-order valence-corrected chi connectivity index (χ4v) is 3.19. The minimum absolute atomic E-state index is 0.0135. The van der Waals surface area contributed by atoms with Crippen LogP contribution >= 0.6 is 0 Å². The molecule has 5 N–H and O–H groups in total. The standard InChI is InChI=1S/C15H22BNO4/c1-9(17)10-4-5-11-7-12(3-2-6-16(20)21)14(15(18)19)13(11)8-10/h4-5,8-9,12,14,20-21H,2-3,6-7,17H2,1H3,(H,18,19)/t9-,12-,14-/m0/s1. The molecule has 0 amide bonds. The molecule has 6 heteroatoms. The van der Waals surface area contributed by atoms with Crippen molar-refractivity contribution in [2.45, 2.75) is 44.5 Å². The number of aliphatic carboxylic acids is 1. The van der Waals surface area contributed by atoms with E-state index in [-0.39, 0.29) is 18.3 Å². The van der Waals surface area contributed by atoms with E-state index < -0.39 is 19.0 Å². The number of carboxylic acid groups (broad SMARTS) is 1. The van der Waals surface area contributed by atoms with E-state index in [2.05, 4.69) is 0 Å². The zero-order chi connectivity index (χ0) is 15.6. The van der Waals surface area contributed by atoms with Gasteiger partial charge in [0.25, 0.3) is 0 Å². The van der Waals surface area contributed by atoms with Crippen molar-refractivity contribution in [3.8, 4) is 0 Å². The zero-order valence-electron chi connectivity index (χ0n) is 12.2. The third kappa shape index (κ3) is 3.64. The van der Waals surface area contributed by atoms with Crippen molar-refractivity contribution in [2.75, 3.05) is 0 Å². The Morgan fingerprint density at radius 1 is 1.48 bits per heavy atom. The van der Waals surface area contributed by atoms with Crippen LogP contribution in [0.5, 0.6) is 0 Å². The first-order chi connectivity index (χ1) is 9.90. The molecule has 0 radical (unpaired) electrons. The van der Waals surface area contributed by atoms with Gasteiger partial charge in [0.15, 0.2) is 0 Å². The van der Waals surface area contributed by atoms with Gasteiger partial charge in [0.05, 0.1) is 5.92 Å². The van der Waals surface area contributed by atoms with Crippen LogP contribution in [0.1, 0.15) is 48.4 Å². The lowest BCUT2D eigenvalue weighted by molar-refractivity contribution is -0.139. The summed E-state index contributed by atoms with van der Waals surface area (Å²) in [5.41, 5.74) is 8.76. The number of fused-ring (bicyclic) bond motifs is 1. The van der Waals surface area contributed by atoms with Gasteiger partial charge in [-0.05, 0) is 48.7 Å². The van der Waals surface area contributed by atoms with Crippen LogP contribution in [-0.2, 0) is 11.2 Å². The largest absolute Gasteiger partial charge is 0.481 e. The third-order valence-corrected chi connectivity index (χ3v) is 4.29. The summed E-state index contributed by atoms with van der Waals surface area (Å²) in [4.78, 5) is 11.6. The van der Waals surface area contributed by atoms with Crippen LogP contribution in [-0.4, -0.2) is 28.2 Å². The molecule has 1 aliphatic rings. The van der Waals surface area contributed by atoms with Gasteiger partial charge in [0.2, 0.25) is 0 Å². The Morgan fingerprint density at radius 2 is 2.19 bits per heavy atom. The fraction of sp³-hybridized carbons (Fsp3) is 0.533. The minimum Gasteiger partial charge on any atom is -0.481 e. The molecule has 0 aliphatic heterocycles. The number of hydrogen-bond donors (Lipinski definition) is 4. The first kappa shape index (κ1) is 16.0. The van der Waals surface area contributed by atoms with Gasteiger partial charge in [-0.1, -0.05) is 24.6 Å². The highest BCUT2D eigenvalue weighted by atomic mass is 16.4. The van der Waals surface area contributed by atoms with Crippen molar-refractivity contribution in [2.24, 2.45) is 11.7 Å². The molecule has 3 atom stereocenters. The topological polar surface area (TPSA) is 104 Å². The number of nitrogens with two attached hydrogens (primary N) is 1.